The monoisotopic (exact) mass is 303 g/mol. The van der Waals surface area contributed by atoms with Gasteiger partial charge in [-0.3, -0.25) is 14.6 Å². The molecular formula is C17H25N3O2. The first-order valence-corrected chi connectivity index (χ1v) is 8.10. The minimum atomic E-state index is -0.174. The Balaban J connectivity index is 2.06. The van der Waals surface area contributed by atoms with Gasteiger partial charge in [0.05, 0.1) is 11.1 Å². The lowest BCUT2D eigenvalue weighted by Crippen LogP contribution is -2.32. The van der Waals surface area contributed by atoms with Crippen LogP contribution in [-0.2, 0) is 0 Å². The molecule has 1 fully saturated rings. The van der Waals surface area contributed by atoms with Crippen LogP contribution in [0.5, 0.6) is 0 Å². The van der Waals surface area contributed by atoms with Crippen molar-refractivity contribution >= 4 is 11.8 Å². The molecule has 5 nitrogen and oxygen atoms in total. The second-order valence-electron chi connectivity index (χ2n) is 6.27. The number of carbonyl (C=O) groups is 2. The highest BCUT2D eigenvalue weighted by atomic mass is 16.2. The van der Waals surface area contributed by atoms with Gasteiger partial charge < -0.3 is 10.2 Å². The molecule has 0 radical (unpaired) electrons. The SMILES string of the molecule is CC(C)CNC(=O)c1cncc(C(=O)N2CCCCCC2)c1. The molecule has 2 rings (SSSR count). The van der Waals surface area contributed by atoms with Crippen LogP contribution in [0.3, 0.4) is 0 Å². The first-order valence-electron chi connectivity index (χ1n) is 8.10. The fourth-order valence-electron chi connectivity index (χ4n) is 2.54. The lowest BCUT2D eigenvalue weighted by Gasteiger charge is -2.20. The summed E-state index contributed by atoms with van der Waals surface area (Å²) >= 11 is 0. The highest BCUT2D eigenvalue weighted by Gasteiger charge is 2.18. The van der Waals surface area contributed by atoms with Gasteiger partial charge in [0.25, 0.3) is 11.8 Å². The van der Waals surface area contributed by atoms with Crippen LogP contribution in [0, 0.1) is 5.92 Å². The van der Waals surface area contributed by atoms with E-state index in [-0.39, 0.29) is 11.8 Å². The lowest BCUT2D eigenvalue weighted by molar-refractivity contribution is 0.0761. The second kappa shape index (κ2) is 7.92. The van der Waals surface area contributed by atoms with Gasteiger partial charge in [-0.1, -0.05) is 26.7 Å². The predicted octanol–water partition coefficient (Wildman–Crippen LogP) is 2.48. The summed E-state index contributed by atoms with van der Waals surface area (Å²) in [5, 5.41) is 2.85. The zero-order valence-electron chi connectivity index (χ0n) is 13.5. The standard InChI is InChI=1S/C17H25N3O2/c1-13(2)10-19-16(21)14-9-15(12-18-11-14)17(22)20-7-5-3-4-6-8-20/h9,11-13H,3-8,10H2,1-2H3,(H,19,21). The Morgan fingerprint density at radius 2 is 1.77 bits per heavy atom. The van der Waals surface area contributed by atoms with Crippen LogP contribution in [-0.4, -0.2) is 41.3 Å². The van der Waals surface area contributed by atoms with Crippen molar-refractivity contribution < 1.29 is 9.59 Å². The van der Waals surface area contributed by atoms with Gasteiger partial charge in [-0.25, -0.2) is 0 Å². The van der Waals surface area contributed by atoms with E-state index in [2.05, 4.69) is 10.3 Å². The van der Waals surface area contributed by atoms with Crippen molar-refractivity contribution in [1.82, 2.24) is 15.2 Å². The third-order valence-electron chi connectivity index (χ3n) is 3.81. The van der Waals surface area contributed by atoms with Crippen LogP contribution in [0.25, 0.3) is 0 Å². The molecular weight excluding hydrogens is 278 g/mol. The number of hydrogen-bond acceptors (Lipinski definition) is 3. The fourth-order valence-corrected chi connectivity index (χ4v) is 2.54. The quantitative estimate of drug-likeness (QED) is 0.929. The molecule has 120 valence electrons. The van der Waals surface area contributed by atoms with Crippen LogP contribution in [0.15, 0.2) is 18.5 Å². The van der Waals surface area contributed by atoms with Crippen LogP contribution < -0.4 is 5.32 Å². The molecule has 2 heterocycles. The molecule has 5 heteroatoms. The Bertz CT molecular complexity index is 520. The van der Waals surface area contributed by atoms with E-state index in [0.29, 0.717) is 23.6 Å². The molecule has 0 spiro atoms. The van der Waals surface area contributed by atoms with Gasteiger partial charge in [0, 0.05) is 32.0 Å². The Kier molecular flexibility index (Phi) is 5.92. The topological polar surface area (TPSA) is 62.3 Å². The Morgan fingerprint density at radius 3 is 2.41 bits per heavy atom. The predicted molar refractivity (Wildman–Crippen MR) is 85.8 cm³/mol. The summed E-state index contributed by atoms with van der Waals surface area (Å²) in [5.74, 6) is 0.193. The summed E-state index contributed by atoms with van der Waals surface area (Å²) < 4.78 is 0. The summed E-state index contributed by atoms with van der Waals surface area (Å²) in [6.45, 7) is 6.28. The van der Waals surface area contributed by atoms with Crippen molar-refractivity contribution in [2.75, 3.05) is 19.6 Å². The van der Waals surface area contributed by atoms with E-state index in [4.69, 9.17) is 0 Å². The highest BCUT2D eigenvalue weighted by molar-refractivity contribution is 5.99. The van der Waals surface area contributed by atoms with Crippen molar-refractivity contribution in [1.29, 1.82) is 0 Å². The van der Waals surface area contributed by atoms with Crippen molar-refractivity contribution in [2.45, 2.75) is 39.5 Å². The van der Waals surface area contributed by atoms with Crippen molar-refractivity contribution in [3.8, 4) is 0 Å². The summed E-state index contributed by atoms with van der Waals surface area (Å²) in [7, 11) is 0. The first-order chi connectivity index (χ1) is 10.6. The number of carbonyl (C=O) groups excluding carboxylic acids is 2. The Hall–Kier alpha value is -1.91. The van der Waals surface area contributed by atoms with Crippen molar-refractivity contribution in [3.05, 3.63) is 29.6 Å². The summed E-state index contributed by atoms with van der Waals surface area (Å²) in [6, 6.07) is 1.65. The largest absolute Gasteiger partial charge is 0.352 e. The summed E-state index contributed by atoms with van der Waals surface area (Å²) in [6.07, 6.45) is 7.52. The van der Waals surface area contributed by atoms with Gasteiger partial charge in [-0.15, -0.1) is 0 Å². The molecule has 0 bridgehead atoms. The maximum atomic E-state index is 12.5. The Labute approximate surface area is 132 Å². The van der Waals surface area contributed by atoms with Gasteiger partial charge in [0.2, 0.25) is 0 Å². The minimum Gasteiger partial charge on any atom is -0.352 e. The molecule has 0 unspecified atom stereocenters. The molecule has 1 aromatic heterocycles. The summed E-state index contributed by atoms with van der Waals surface area (Å²) in [5.41, 5.74) is 0.945. The maximum Gasteiger partial charge on any atom is 0.255 e. The van der Waals surface area contributed by atoms with E-state index >= 15 is 0 Å². The number of rotatable bonds is 4. The van der Waals surface area contributed by atoms with Crippen molar-refractivity contribution in [2.24, 2.45) is 5.92 Å². The van der Waals surface area contributed by atoms with Gasteiger partial charge >= 0.3 is 0 Å². The Morgan fingerprint density at radius 1 is 1.14 bits per heavy atom. The molecule has 1 aromatic rings. The number of pyridine rings is 1. The second-order valence-corrected chi connectivity index (χ2v) is 6.27. The average molecular weight is 303 g/mol. The molecule has 0 aliphatic carbocycles. The maximum absolute atomic E-state index is 12.5. The minimum absolute atomic E-state index is 0.0205. The van der Waals surface area contributed by atoms with E-state index in [1.165, 1.54) is 19.0 Å². The zero-order valence-corrected chi connectivity index (χ0v) is 13.5. The smallest absolute Gasteiger partial charge is 0.255 e. The first kappa shape index (κ1) is 16.5. The molecule has 1 aliphatic heterocycles. The normalized spacial score (nSPS) is 15.5. The number of nitrogens with one attached hydrogen (secondary N) is 1. The molecule has 22 heavy (non-hydrogen) atoms. The third-order valence-corrected chi connectivity index (χ3v) is 3.81. The van der Waals surface area contributed by atoms with Gasteiger partial charge in [-0.2, -0.15) is 0 Å². The average Bonchev–Trinajstić information content (AvgIpc) is 2.81. The molecule has 0 aromatic carbocycles. The number of amides is 2. The lowest BCUT2D eigenvalue weighted by atomic mass is 10.1. The molecule has 1 saturated heterocycles. The molecule has 1 N–H and O–H groups in total. The fraction of sp³-hybridized carbons (Fsp3) is 0.588. The van der Waals surface area contributed by atoms with E-state index in [9.17, 15) is 9.59 Å². The number of likely N-dealkylation sites (tertiary alicyclic amines) is 1. The van der Waals surface area contributed by atoms with Gasteiger partial charge in [0.15, 0.2) is 0 Å². The van der Waals surface area contributed by atoms with Crippen LogP contribution >= 0.6 is 0 Å². The number of hydrogen-bond donors (Lipinski definition) is 1. The van der Waals surface area contributed by atoms with E-state index in [1.807, 2.05) is 18.7 Å². The zero-order chi connectivity index (χ0) is 15.9. The molecule has 0 saturated carbocycles. The van der Waals surface area contributed by atoms with Crippen LogP contribution in [0.4, 0.5) is 0 Å². The van der Waals surface area contributed by atoms with Crippen molar-refractivity contribution in [3.63, 3.8) is 0 Å². The van der Waals surface area contributed by atoms with Gasteiger partial charge in [-0.05, 0) is 24.8 Å². The van der Waals surface area contributed by atoms with E-state index < -0.39 is 0 Å². The van der Waals surface area contributed by atoms with E-state index in [1.54, 1.807) is 12.3 Å². The van der Waals surface area contributed by atoms with Crippen LogP contribution in [0.1, 0.15) is 60.2 Å². The molecule has 0 atom stereocenters. The molecule has 1 aliphatic rings. The third kappa shape index (κ3) is 4.55. The van der Waals surface area contributed by atoms with E-state index in [0.717, 1.165) is 25.9 Å². The highest BCUT2D eigenvalue weighted by Crippen LogP contribution is 2.13. The number of nitrogens with zero attached hydrogens (tertiary/aromatic N) is 2. The van der Waals surface area contributed by atoms with Gasteiger partial charge in [0.1, 0.15) is 0 Å². The summed E-state index contributed by atoms with van der Waals surface area (Å²) in [4.78, 5) is 30.6. The van der Waals surface area contributed by atoms with Crippen LogP contribution in [0.2, 0.25) is 0 Å². The number of aromatic nitrogens is 1. The molecule has 2 amide bonds.